The van der Waals surface area contributed by atoms with Crippen molar-refractivity contribution in [2.45, 2.75) is 0 Å². The monoisotopic (exact) mass is 330 g/mol. The Morgan fingerprint density at radius 2 is 2.10 bits per heavy atom. The summed E-state index contributed by atoms with van der Waals surface area (Å²) in [4.78, 5) is 4.23. The van der Waals surface area contributed by atoms with Crippen LogP contribution in [0.15, 0.2) is 40.9 Å². The summed E-state index contributed by atoms with van der Waals surface area (Å²) in [7, 11) is 0. The van der Waals surface area contributed by atoms with Gasteiger partial charge in [0.15, 0.2) is 0 Å². The standard InChI is InChI=1S/C14H8BrFN4/c15-8-4-5-13-11(6-8)19-14(18)20(13)12-3-1-2-10(16)9(12)7-17/h1-6H,(H2,18,19). The van der Waals surface area contributed by atoms with Gasteiger partial charge in [-0.3, -0.25) is 4.57 Å². The normalized spacial score (nSPS) is 10.7. The molecule has 0 fully saturated rings. The number of hydrogen-bond acceptors (Lipinski definition) is 3. The first-order valence-electron chi connectivity index (χ1n) is 5.74. The Morgan fingerprint density at radius 1 is 1.30 bits per heavy atom. The van der Waals surface area contributed by atoms with Gasteiger partial charge >= 0.3 is 0 Å². The number of fused-ring (bicyclic) bond motifs is 1. The van der Waals surface area contributed by atoms with Gasteiger partial charge in [-0.05, 0) is 30.3 Å². The lowest BCUT2D eigenvalue weighted by molar-refractivity contribution is 0.623. The highest BCUT2D eigenvalue weighted by Crippen LogP contribution is 2.28. The number of halogens is 2. The molecule has 0 aliphatic carbocycles. The number of nitriles is 1. The molecule has 0 aliphatic rings. The van der Waals surface area contributed by atoms with E-state index in [-0.39, 0.29) is 11.5 Å². The molecule has 0 bridgehead atoms. The summed E-state index contributed by atoms with van der Waals surface area (Å²) in [5.74, 6) is -0.372. The van der Waals surface area contributed by atoms with Crippen LogP contribution in [0, 0.1) is 17.1 Å². The lowest BCUT2D eigenvalue weighted by Gasteiger charge is -2.08. The molecule has 1 heterocycles. The van der Waals surface area contributed by atoms with E-state index >= 15 is 0 Å². The van der Waals surface area contributed by atoms with E-state index in [9.17, 15) is 4.39 Å². The highest BCUT2D eigenvalue weighted by Gasteiger charge is 2.15. The van der Waals surface area contributed by atoms with E-state index in [4.69, 9.17) is 11.0 Å². The van der Waals surface area contributed by atoms with Gasteiger partial charge in [0.25, 0.3) is 0 Å². The van der Waals surface area contributed by atoms with Crippen molar-refractivity contribution in [2.24, 2.45) is 0 Å². The summed E-state index contributed by atoms with van der Waals surface area (Å²) in [6.07, 6.45) is 0. The van der Waals surface area contributed by atoms with Gasteiger partial charge in [-0.15, -0.1) is 0 Å². The number of benzene rings is 2. The Balaban J connectivity index is 2.39. The zero-order valence-corrected chi connectivity index (χ0v) is 11.7. The van der Waals surface area contributed by atoms with Crippen LogP contribution in [0.1, 0.15) is 5.56 Å². The number of hydrogen-bond donors (Lipinski definition) is 1. The summed E-state index contributed by atoms with van der Waals surface area (Å²) in [5, 5.41) is 9.13. The molecule has 20 heavy (non-hydrogen) atoms. The predicted octanol–water partition coefficient (Wildman–Crippen LogP) is 3.38. The van der Waals surface area contributed by atoms with Crippen molar-refractivity contribution >= 4 is 32.9 Å². The average Bonchev–Trinajstić information content (AvgIpc) is 2.73. The topological polar surface area (TPSA) is 67.6 Å². The van der Waals surface area contributed by atoms with E-state index in [1.54, 1.807) is 10.6 Å². The summed E-state index contributed by atoms with van der Waals surface area (Å²) < 4.78 is 16.2. The van der Waals surface area contributed by atoms with Crippen LogP contribution in [0.2, 0.25) is 0 Å². The maximum Gasteiger partial charge on any atom is 0.205 e. The second kappa shape index (κ2) is 4.62. The van der Waals surface area contributed by atoms with Crippen molar-refractivity contribution in [3.05, 3.63) is 52.3 Å². The first-order valence-corrected chi connectivity index (χ1v) is 6.53. The van der Waals surface area contributed by atoms with E-state index in [1.165, 1.54) is 12.1 Å². The largest absolute Gasteiger partial charge is 0.369 e. The number of nitrogens with two attached hydrogens (primary N) is 1. The third-order valence-electron chi connectivity index (χ3n) is 2.99. The van der Waals surface area contributed by atoms with Gasteiger partial charge < -0.3 is 5.73 Å². The highest BCUT2D eigenvalue weighted by molar-refractivity contribution is 9.10. The molecule has 0 amide bonds. The molecule has 0 radical (unpaired) electrons. The van der Waals surface area contributed by atoms with Gasteiger partial charge in [0, 0.05) is 4.47 Å². The number of nitrogen functional groups attached to an aromatic ring is 1. The SMILES string of the molecule is N#Cc1c(F)cccc1-n1c(N)nc2cc(Br)ccc21. The lowest BCUT2D eigenvalue weighted by Crippen LogP contribution is -2.04. The summed E-state index contributed by atoms with van der Waals surface area (Å²) in [6.45, 7) is 0. The molecular formula is C14H8BrFN4. The Morgan fingerprint density at radius 3 is 2.85 bits per heavy atom. The Kier molecular flexibility index (Phi) is 2.92. The molecule has 6 heteroatoms. The molecule has 1 aromatic heterocycles. The Hall–Kier alpha value is -2.39. The molecule has 2 aromatic carbocycles. The number of nitrogens with zero attached hydrogens (tertiary/aromatic N) is 3. The van der Waals surface area contributed by atoms with Gasteiger partial charge in [-0.2, -0.15) is 5.26 Å². The van der Waals surface area contributed by atoms with Gasteiger partial charge in [-0.1, -0.05) is 22.0 Å². The van der Waals surface area contributed by atoms with Crippen LogP contribution in [-0.2, 0) is 0 Å². The van der Waals surface area contributed by atoms with Crippen LogP contribution in [-0.4, -0.2) is 9.55 Å². The number of anilines is 1. The van der Waals surface area contributed by atoms with Crippen LogP contribution in [0.25, 0.3) is 16.7 Å². The van der Waals surface area contributed by atoms with E-state index < -0.39 is 5.82 Å². The number of aromatic nitrogens is 2. The summed E-state index contributed by atoms with van der Waals surface area (Å²) in [5.41, 5.74) is 7.63. The van der Waals surface area contributed by atoms with Crippen LogP contribution < -0.4 is 5.73 Å². The summed E-state index contributed by atoms with van der Waals surface area (Å²) >= 11 is 3.36. The first-order chi connectivity index (χ1) is 9.61. The van der Waals surface area contributed by atoms with Crippen LogP contribution in [0.4, 0.5) is 10.3 Å². The van der Waals surface area contributed by atoms with Gasteiger partial charge in [-0.25, -0.2) is 9.37 Å². The fourth-order valence-electron chi connectivity index (χ4n) is 2.13. The van der Waals surface area contributed by atoms with Crippen molar-refractivity contribution < 1.29 is 4.39 Å². The van der Waals surface area contributed by atoms with Gasteiger partial charge in [0.2, 0.25) is 5.95 Å². The number of rotatable bonds is 1. The Labute approximate surface area is 122 Å². The molecule has 98 valence electrons. The van der Waals surface area contributed by atoms with Crippen molar-refractivity contribution in [1.82, 2.24) is 9.55 Å². The molecule has 0 saturated heterocycles. The second-order valence-electron chi connectivity index (χ2n) is 4.18. The quantitative estimate of drug-likeness (QED) is 0.743. The third-order valence-corrected chi connectivity index (χ3v) is 3.48. The minimum Gasteiger partial charge on any atom is -0.369 e. The molecule has 0 aliphatic heterocycles. The van der Waals surface area contributed by atoms with E-state index in [0.29, 0.717) is 16.7 Å². The molecule has 0 spiro atoms. The van der Waals surface area contributed by atoms with E-state index in [0.717, 1.165) is 4.47 Å². The smallest absolute Gasteiger partial charge is 0.205 e. The molecule has 4 nitrogen and oxygen atoms in total. The van der Waals surface area contributed by atoms with Crippen molar-refractivity contribution in [3.8, 4) is 11.8 Å². The van der Waals surface area contributed by atoms with Crippen molar-refractivity contribution in [3.63, 3.8) is 0 Å². The fourth-order valence-corrected chi connectivity index (χ4v) is 2.48. The van der Waals surface area contributed by atoms with Gasteiger partial charge in [0.1, 0.15) is 17.4 Å². The van der Waals surface area contributed by atoms with Crippen molar-refractivity contribution in [1.29, 1.82) is 5.26 Å². The lowest BCUT2D eigenvalue weighted by atomic mass is 10.1. The van der Waals surface area contributed by atoms with Crippen LogP contribution >= 0.6 is 15.9 Å². The molecule has 2 N–H and O–H groups in total. The maximum atomic E-state index is 13.7. The van der Waals surface area contributed by atoms with Crippen LogP contribution in [0.3, 0.4) is 0 Å². The summed E-state index contributed by atoms with van der Waals surface area (Å²) in [6, 6.07) is 11.8. The third kappa shape index (κ3) is 1.84. The Bertz CT molecular complexity index is 863. The minimum absolute atomic E-state index is 0.0542. The van der Waals surface area contributed by atoms with Gasteiger partial charge in [0.05, 0.1) is 16.7 Å². The fraction of sp³-hybridized carbons (Fsp3) is 0. The molecular weight excluding hydrogens is 323 g/mol. The maximum absolute atomic E-state index is 13.7. The average molecular weight is 331 g/mol. The molecule has 3 rings (SSSR count). The highest BCUT2D eigenvalue weighted by atomic mass is 79.9. The molecule has 3 aromatic rings. The van der Waals surface area contributed by atoms with E-state index in [1.807, 2.05) is 24.3 Å². The number of imidazole rings is 1. The first kappa shape index (κ1) is 12.6. The predicted molar refractivity (Wildman–Crippen MR) is 77.9 cm³/mol. The second-order valence-corrected chi connectivity index (χ2v) is 5.10. The van der Waals surface area contributed by atoms with Crippen molar-refractivity contribution in [2.75, 3.05) is 5.73 Å². The van der Waals surface area contributed by atoms with Crippen LogP contribution in [0.5, 0.6) is 0 Å². The zero-order valence-electron chi connectivity index (χ0n) is 10.1. The molecule has 0 atom stereocenters. The minimum atomic E-state index is -0.580. The zero-order chi connectivity index (χ0) is 14.3. The van der Waals surface area contributed by atoms with E-state index in [2.05, 4.69) is 20.9 Å². The molecule has 0 saturated carbocycles. The molecule has 0 unspecified atom stereocenters.